The van der Waals surface area contributed by atoms with Gasteiger partial charge in [-0.15, -0.1) is 0 Å². The second-order valence-electron chi connectivity index (χ2n) is 3.59. The fourth-order valence-corrected chi connectivity index (χ4v) is 1.29. The van der Waals surface area contributed by atoms with Crippen molar-refractivity contribution in [2.45, 2.75) is 26.9 Å². The largest absolute Gasteiger partial charge is 0.394 e. The third-order valence-corrected chi connectivity index (χ3v) is 2.33. The van der Waals surface area contributed by atoms with Crippen LogP contribution in [-0.2, 0) is 4.79 Å². The Labute approximate surface area is 94.1 Å². The Bertz CT molecular complexity index is 254. The van der Waals surface area contributed by atoms with Crippen LogP contribution in [0.5, 0.6) is 0 Å². The molecule has 94 valence electrons. The first-order valence-electron chi connectivity index (χ1n) is 5.28. The fraction of sp³-hybridized carbons (Fsp3) is 0.727. The van der Waals surface area contributed by atoms with Gasteiger partial charge in [0.2, 0.25) is 0 Å². The number of carbonyl (C=O) groups excluding carboxylic acids is 1. The van der Waals surface area contributed by atoms with Crippen molar-refractivity contribution in [3.05, 3.63) is 12.2 Å². The minimum atomic E-state index is -4.10. The van der Waals surface area contributed by atoms with E-state index >= 15 is 0 Å². The van der Waals surface area contributed by atoms with Gasteiger partial charge in [0.1, 0.15) is 0 Å². The monoisotopic (exact) mass is 237 g/mol. The van der Waals surface area contributed by atoms with Crippen molar-refractivity contribution >= 4 is 5.78 Å². The van der Waals surface area contributed by atoms with E-state index in [0.29, 0.717) is 5.57 Å². The third-order valence-electron chi connectivity index (χ3n) is 2.33. The van der Waals surface area contributed by atoms with Gasteiger partial charge in [-0.2, -0.15) is 13.2 Å². The molecule has 0 aliphatic carbocycles. The highest BCUT2D eigenvalue weighted by Crippen LogP contribution is 2.33. The molecule has 1 aliphatic rings. The minimum absolute atomic E-state index is 0.0181. The molecule has 0 aromatic heterocycles. The minimum Gasteiger partial charge on any atom is -0.298 e. The number of carbonyl (C=O) groups is 1. The van der Waals surface area contributed by atoms with Gasteiger partial charge >= 0.3 is 6.18 Å². The quantitative estimate of drug-likeness (QED) is 0.703. The van der Waals surface area contributed by atoms with Crippen LogP contribution in [0, 0.1) is 5.92 Å². The molecule has 1 rings (SSSR count). The lowest BCUT2D eigenvalue weighted by molar-refractivity contribution is -0.207. The number of halogens is 3. The van der Waals surface area contributed by atoms with Crippen molar-refractivity contribution in [3.8, 4) is 0 Å². The predicted octanol–water partition coefficient (Wildman–Crippen LogP) is 2.65. The molecule has 16 heavy (non-hydrogen) atoms. The third kappa shape index (κ3) is 4.35. The zero-order valence-electron chi connectivity index (χ0n) is 9.90. The maximum absolute atomic E-state index is 12.1. The summed E-state index contributed by atoms with van der Waals surface area (Å²) in [5, 5.41) is 0. The second-order valence-corrected chi connectivity index (χ2v) is 3.59. The van der Waals surface area contributed by atoms with Gasteiger partial charge in [-0.05, 0) is 6.92 Å². The van der Waals surface area contributed by atoms with Crippen molar-refractivity contribution in [2.75, 3.05) is 19.6 Å². The van der Waals surface area contributed by atoms with Gasteiger partial charge in [0.05, 0.1) is 5.92 Å². The predicted molar refractivity (Wildman–Crippen MR) is 57.2 cm³/mol. The van der Waals surface area contributed by atoms with Crippen LogP contribution in [0.3, 0.4) is 0 Å². The first kappa shape index (κ1) is 15.2. The van der Waals surface area contributed by atoms with E-state index < -0.39 is 12.1 Å². The van der Waals surface area contributed by atoms with Crippen molar-refractivity contribution in [2.24, 2.45) is 5.92 Å². The maximum Gasteiger partial charge on any atom is 0.394 e. The van der Waals surface area contributed by atoms with E-state index in [4.69, 9.17) is 0 Å². The van der Waals surface area contributed by atoms with E-state index in [-0.39, 0.29) is 25.4 Å². The van der Waals surface area contributed by atoms with Crippen LogP contribution in [0.2, 0.25) is 0 Å². The van der Waals surface area contributed by atoms with Crippen LogP contribution in [0.15, 0.2) is 12.2 Å². The molecule has 5 heteroatoms. The number of likely N-dealkylation sites (tertiary alicyclic amines) is 1. The summed E-state index contributed by atoms with van der Waals surface area (Å²) in [6, 6.07) is 0. The van der Waals surface area contributed by atoms with Crippen LogP contribution < -0.4 is 0 Å². The molecule has 1 fully saturated rings. The lowest BCUT2D eigenvalue weighted by Crippen LogP contribution is -2.53. The van der Waals surface area contributed by atoms with Crippen LogP contribution in [-0.4, -0.2) is 36.5 Å². The molecule has 0 aromatic rings. The Hall–Kier alpha value is -0.840. The average molecular weight is 237 g/mol. The number of Topliss-reactive ketones (excluding diaryl/α,β-unsaturated/α-hetero) is 1. The SMILES string of the molecule is C=C(CN1CC(C(F)(F)F)C1)C(C)=O.CC. The summed E-state index contributed by atoms with van der Waals surface area (Å²) in [6.07, 6.45) is -4.10. The molecule has 0 bridgehead atoms. The summed E-state index contributed by atoms with van der Waals surface area (Å²) in [6.45, 7) is 9.07. The standard InChI is InChI=1S/C9H12F3NO.C2H6/c1-6(7(2)14)3-13-4-8(5-13)9(10,11)12;1-2/h8H,1,3-5H2,2H3;1-2H3. The molecule has 0 amide bonds. The van der Waals surface area contributed by atoms with Gasteiger partial charge < -0.3 is 0 Å². The van der Waals surface area contributed by atoms with E-state index in [1.54, 1.807) is 4.90 Å². The number of nitrogens with zero attached hydrogens (tertiary/aromatic N) is 1. The van der Waals surface area contributed by atoms with Crippen LogP contribution >= 0.6 is 0 Å². The van der Waals surface area contributed by atoms with Gasteiger partial charge in [0.15, 0.2) is 5.78 Å². The lowest BCUT2D eigenvalue weighted by Gasteiger charge is -2.40. The molecule has 0 saturated carbocycles. The molecule has 1 heterocycles. The van der Waals surface area contributed by atoms with E-state index in [2.05, 4.69) is 6.58 Å². The Balaban J connectivity index is 0.00000106. The smallest absolute Gasteiger partial charge is 0.298 e. The summed E-state index contributed by atoms with van der Waals surface area (Å²) in [5.41, 5.74) is 0.366. The van der Waals surface area contributed by atoms with Gasteiger partial charge in [-0.3, -0.25) is 9.69 Å². The summed E-state index contributed by atoms with van der Waals surface area (Å²) < 4.78 is 36.2. The number of hydrogen-bond donors (Lipinski definition) is 0. The fourth-order valence-electron chi connectivity index (χ4n) is 1.29. The Morgan fingerprint density at radius 3 is 2.12 bits per heavy atom. The number of alkyl halides is 3. The highest BCUT2D eigenvalue weighted by molar-refractivity contribution is 5.92. The molecular weight excluding hydrogens is 219 g/mol. The number of rotatable bonds is 3. The van der Waals surface area contributed by atoms with Crippen molar-refractivity contribution in [1.29, 1.82) is 0 Å². The first-order chi connectivity index (χ1) is 7.30. The van der Waals surface area contributed by atoms with E-state index in [1.165, 1.54) is 6.92 Å². The van der Waals surface area contributed by atoms with Gasteiger partial charge in [-0.25, -0.2) is 0 Å². The topological polar surface area (TPSA) is 20.3 Å². The maximum atomic E-state index is 12.1. The van der Waals surface area contributed by atoms with Gasteiger partial charge in [-0.1, -0.05) is 20.4 Å². The normalized spacial score (nSPS) is 17.1. The first-order valence-corrected chi connectivity index (χ1v) is 5.28. The van der Waals surface area contributed by atoms with Gasteiger partial charge in [0.25, 0.3) is 0 Å². The molecule has 0 spiro atoms. The highest BCUT2D eigenvalue weighted by Gasteiger charge is 2.46. The van der Waals surface area contributed by atoms with Crippen LogP contribution in [0.25, 0.3) is 0 Å². The van der Waals surface area contributed by atoms with Gasteiger partial charge in [0, 0.05) is 25.2 Å². The zero-order valence-corrected chi connectivity index (χ0v) is 9.90. The Morgan fingerprint density at radius 1 is 1.38 bits per heavy atom. The molecule has 1 saturated heterocycles. The summed E-state index contributed by atoms with van der Waals surface area (Å²) in [5.74, 6) is -1.40. The van der Waals surface area contributed by atoms with E-state index in [9.17, 15) is 18.0 Å². The summed E-state index contributed by atoms with van der Waals surface area (Å²) in [4.78, 5) is 12.3. The summed E-state index contributed by atoms with van der Waals surface area (Å²) >= 11 is 0. The number of ketones is 1. The van der Waals surface area contributed by atoms with Crippen LogP contribution in [0.4, 0.5) is 13.2 Å². The van der Waals surface area contributed by atoms with Crippen LogP contribution in [0.1, 0.15) is 20.8 Å². The molecule has 0 N–H and O–H groups in total. The zero-order chi connectivity index (χ0) is 12.9. The van der Waals surface area contributed by atoms with Crippen molar-refractivity contribution in [3.63, 3.8) is 0 Å². The molecular formula is C11H18F3NO. The second kappa shape index (κ2) is 6.03. The van der Waals surface area contributed by atoms with Crippen molar-refractivity contribution < 1.29 is 18.0 Å². The Morgan fingerprint density at radius 2 is 1.81 bits per heavy atom. The van der Waals surface area contributed by atoms with E-state index in [0.717, 1.165) is 0 Å². The van der Waals surface area contributed by atoms with Crippen molar-refractivity contribution in [1.82, 2.24) is 4.90 Å². The summed E-state index contributed by atoms with van der Waals surface area (Å²) in [7, 11) is 0. The molecule has 0 radical (unpaired) electrons. The molecule has 0 unspecified atom stereocenters. The molecule has 1 aliphatic heterocycles. The number of hydrogen-bond acceptors (Lipinski definition) is 2. The lowest BCUT2D eigenvalue weighted by atomic mass is 9.98. The Kier molecular flexibility index (Phi) is 5.72. The molecule has 2 nitrogen and oxygen atoms in total. The molecule has 0 aromatic carbocycles. The van der Waals surface area contributed by atoms with E-state index in [1.807, 2.05) is 13.8 Å². The average Bonchev–Trinajstić information content (AvgIpc) is 2.11. The highest BCUT2D eigenvalue weighted by atomic mass is 19.4. The molecule has 0 atom stereocenters.